The lowest BCUT2D eigenvalue weighted by molar-refractivity contribution is -0.127. The SMILES string of the molecule is CC#CCCN1C(=O)N[C@@H](C)C1=O. The maximum absolute atomic E-state index is 11.3. The van der Waals surface area contributed by atoms with Crippen LogP contribution in [0, 0.1) is 11.8 Å². The number of hydrogen-bond donors (Lipinski definition) is 1. The van der Waals surface area contributed by atoms with Gasteiger partial charge in [-0.2, -0.15) is 0 Å². The molecule has 0 radical (unpaired) electrons. The highest BCUT2D eigenvalue weighted by atomic mass is 16.2. The smallest absolute Gasteiger partial charge is 0.324 e. The van der Waals surface area contributed by atoms with Crippen LogP contribution in [-0.2, 0) is 4.79 Å². The molecule has 4 nitrogen and oxygen atoms in total. The van der Waals surface area contributed by atoms with Gasteiger partial charge in [-0.1, -0.05) is 0 Å². The molecule has 0 unspecified atom stereocenters. The van der Waals surface area contributed by atoms with Crippen molar-refractivity contribution in [1.29, 1.82) is 0 Å². The molecule has 0 bridgehead atoms. The lowest BCUT2D eigenvalue weighted by Crippen LogP contribution is -2.31. The highest BCUT2D eigenvalue weighted by molar-refractivity contribution is 6.03. The molecule has 1 atom stereocenters. The molecule has 70 valence electrons. The summed E-state index contributed by atoms with van der Waals surface area (Å²) in [5, 5.41) is 2.53. The Morgan fingerprint density at radius 2 is 2.23 bits per heavy atom. The lowest BCUT2D eigenvalue weighted by Gasteiger charge is -2.09. The molecule has 1 N–H and O–H groups in total. The van der Waals surface area contributed by atoms with E-state index in [1.165, 1.54) is 4.90 Å². The summed E-state index contributed by atoms with van der Waals surface area (Å²) in [6.45, 7) is 3.79. The van der Waals surface area contributed by atoms with Gasteiger partial charge in [0.2, 0.25) is 0 Å². The van der Waals surface area contributed by atoms with Gasteiger partial charge in [-0.15, -0.1) is 11.8 Å². The second-order valence-electron chi connectivity index (χ2n) is 2.84. The van der Waals surface area contributed by atoms with E-state index >= 15 is 0 Å². The van der Waals surface area contributed by atoms with Crippen LogP contribution in [-0.4, -0.2) is 29.4 Å². The molecular formula is C9H12N2O2. The first-order chi connectivity index (χ1) is 6.16. The van der Waals surface area contributed by atoms with Crippen LogP contribution in [0.3, 0.4) is 0 Å². The fourth-order valence-corrected chi connectivity index (χ4v) is 1.16. The molecule has 1 saturated heterocycles. The van der Waals surface area contributed by atoms with Crippen LogP contribution in [0.15, 0.2) is 0 Å². The molecule has 0 aromatic heterocycles. The predicted molar refractivity (Wildman–Crippen MR) is 47.8 cm³/mol. The minimum atomic E-state index is -0.387. The molecule has 0 aliphatic carbocycles. The summed E-state index contributed by atoms with van der Waals surface area (Å²) in [7, 11) is 0. The number of urea groups is 1. The second kappa shape index (κ2) is 3.94. The van der Waals surface area contributed by atoms with Crippen LogP contribution in [0.4, 0.5) is 4.79 Å². The van der Waals surface area contributed by atoms with Crippen molar-refractivity contribution >= 4 is 11.9 Å². The van der Waals surface area contributed by atoms with Crippen molar-refractivity contribution in [3.63, 3.8) is 0 Å². The van der Waals surface area contributed by atoms with E-state index in [-0.39, 0.29) is 18.0 Å². The fourth-order valence-electron chi connectivity index (χ4n) is 1.16. The van der Waals surface area contributed by atoms with E-state index < -0.39 is 0 Å². The third kappa shape index (κ3) is 2.00. The summed E-state index contributed by atoms with van der Waals surface area (Å²) in [5.74, 6) is 5.36. The minimum Gasteiger partial charge on any atom is -0.326 e. The highest BCUT2D eigenvalue weighted by Crippen LogP contribution is 2.05. The Kier molecular flexibility index (Phi) is 2.91. The summed E-state index contributed by atoms with van der Waals surface area (Å²) in [6.07, 6.45) is 0.544. The topological polar surface area (TPSA) is 49.4 Å². The number of nitrogens with zero attached hydrogens (tertiary/aromatic N) is 1. The van der Waals surface area contributed by atoms with Crippen molar-refractivity contribution in [1.82, 2.24) is 10.2 Å². The average Bonchev–Trinajstić information content (AvgIpc) is 2.32. The number of carbonyl (C=O) groups excluding carboxylic acids is 2. The van der Waals surface area contributed by atoms with E-state index in [9.17, 15) is 9.59 Å². The summed E-state index contributed by atoms with van der Waals surface area (Å²) >= 11 is 0. The van der Waals surface area contributed by atoms with E-state index in [2.05, 4.69) is 17.2 Å². The lowest BCUT2D eigenvalue weighted by atomic mass is 10.3. The molecule has 1 fully saturated rings. The van der Waals surface area contributed by atoms with Crippen molar-refractivity contribution in [2.45, 2.75) is 26.3 Å². The van der Waals surface area contributed by atoms with E-state index in [1.54, 1.807) is 13.8 Å². The van der Waals surface area contributed by atoms with Gasteiger partial charge in [0, 0.05) is 13.0 Å². The fraction of sp³-hybridized carbons (Fsp3) is 0.556. The predicted octanol–water partition coefficient (Wildman–Crippen LogP) is 0.340. The minimum absolute atomic E-state index is 0.164. The first kappa shape index (κ1) is 9.59. The van der Waals surface area contributed by atoms with Crippen LogP contribution in [0.25, 0.3) is 0 Å². The zero-order chi connectivity index (χ0) is 9.84. The molecule has 1 rings (SSSR count). The first-order valence-corrected chi connectivity index (χ1v) is 4.18. The molecule has 0 aromatic rings. The second-order valence-corrected chi connectivity index (χ2v) is 2.84. The average molecular weight is 180 g/mol. The first-order valence-electron chi connectivity index (χ1n) is 4.18. The molecule has 13 heavy (non-hydrogen) atoms. The van der Waals surface area contributed by atoms with Gasteiger partial charge in [0.05, 0.1) is 0 Å². The number of carbonyl (C=O) groups is 2. The summed E-state index contributed by atoms with van der Waals surface area (Å²) in [5.41, 5.74) is 0. The van der Waals surface area contributed by atoms with Crippen LogP contribution < -0.4 is 5.32 Å². The quantitative estimate of drug-likeness (QED) is 0.492. The largest absolute Gasteiger partial charge is 0.326 e. The number of amides is 3. The Balaban J connectivity index is 2.52. The summed E-state index contributed by atoms with van der Waals surface area (Å²) in [4.78, 5) is 23.6. The summed E-state index contributed by atoms with van der Waals surface area (Å²) in [6, 6.07) is -0.697. The molecule has 1 heterocycles. The van der Waals surface area contributed by atoms with Crippen molar-refractivity contribution in [2.75, 3.05) is 6.54 Å². The van der Waals surface area contributed by atoms with Crippen molar-refractivity contribution in [3.05, 3.63) is 0 Å². The molecule has 4 heteroatoms. The molecule has 0 saturated carbocycles. The standard InChI is InChI=1S/C9H12N2O2/c1-3-4-5-6-11-8(12)7(2)10-9(11)13/h7H,5-6H2,1-2H3,(H,10,13)/t7-/m0/s1. The Morgan fingerprint density at radius 1 is 1.54 bits per heavy atom. The highest BCUT2D eigenvalue weighted by Gasteiger charge is 2.33. The van der Waals surface area contributed by atoms with E-state index in [0.29, 0.717) is 13.0 Å². The molecule has 0 spiro atoms. The Hall–Kier alpha value is -1.50. The Labute approximate surface area is 77.3 Å². The van der Waals surface area contributed by atoms with Crippen molar-refractivity contribution < 1.29 is 9.59 Å². The van der Waals surface area contributed by atoms with E-state index in [0.717, 1.165) is 0 Å². The van der Waals surface area contributed by atoms with Gasteiger partial charge in [0.1, 0.15) is 6.04 Å². The van der Waals surface area contributed by atoms with Gasteiger partial charge in [-0.25, -0.2) is 4.79 Å². The summed E-state index contributed by atoms with van der Waals surface area (Å²) < 4.78 is 0. The Bertz CT molecular complexity index is 288. The van der Waals surface area contributed by atoms with Crippen molar-refractivity contribution in [3.8, 4) is 11.8 Å². The maximum atomic E-state index is 11.3. The number of hydrogen-bond acceptors (Lipinski definition) is 2. The van der Waals surface area contributed by atoms with E-state index in [4.69, 9.17) is 0 Å². The maximum Gasteiger partial charge on any atom is 0.324 e. The number of rotatable bonds is 2. The van der Waals surface area contributed by atoms with Gasteiger partial charge >= 0.3 is 6.03 Å². The molecule has 0 aromatic carbocycles. The zero-order valence-corrected chi connectivity index (χ0v) is 7.76. The van der Waals surface area contributed by atoms with Gasteiger partial charge in [-0.05, 0) is 13.8 Å². The molecule has 1 aliphatic heterocycles. The molecular weight excluding hydrogens is 168 g/mol. The Morgan fingerprint density at radius 3 is 2.69 bits per heavy atom. The van der Waals surface area contributed by atoms with E-state index in [1.807, 2.05) is 0 Å². The number of imide groups is 1. The van der Waals surface area contributed by atoms with Gasteiger partial charge in [0.25, 0.3) is 5.91 Å². The third-order valence-corrected chi connectivity index (χ3v) is 1.86. The normalized spacial score (nSPS) is 21.1. The van der Waals surface area contributed by atoms with Gasteiger partial charge < -0.3 is 5.32 Å². The zero-order valence-electron chi connectivity index (χ0n) is 7.76. The van der Waals surface area contributed by atoms with Crippen LogP contribution in [0.1, 0.15) is 20.3 Å². The molecule has 3 amide bonds. The third-order valence-electron chi connectivity index (χ3n) is 1.86. The van der Waals surface area contributed by atoms with Crippen LogP contribution in [0.2, 0.25) is 0 Å². The molecule has 1 aliphatic rings. The van der Waals surface area contributed by atoms with Crippen molar-refractivity contribution in [2.24, 2.45) is 0 Å². The number of nitrogens with one attached hydrogen (secondary N) is 1. The monoisotopic (exact) mass is 180 g/mol. The van der Waals surface area contributed by atoms with Gasteiger partial charge in [0.15, 0.2) is 0 Å². The van der Waals surface area contributed by atoms with Crippen LogP contribution in [0.5, 0.6) is 0 Å². The van der Waals surface area contributed by atoms with Crippen LogP contribution >= 0.6 is 0 Å². The van der Waals surface area contributed by atoms with Gasteiger partial charge in [-0.3, -0.25) is 9.69 Å².